The third kappa shape index (κ3) is 2.24. The van der Waals surface area contributed by atoms with Crippen molar-refractivity contribution in [2.45, 2.75) is 6.92 Å². The van der Waals surface area contributed by atoms with Crippen molar-refractivity contribution >= 4 is 21.6 Å². The van der Waals surface area contributed by atoms with Crippen LogP contribution in [0.25, 0.3) is 0 Å². The summed E-state index contributed by atoms with van der Waals surface area (Å²) in [5.74, 6) is 0. The van der Waals surface area contributed by atoms with Crippen LogP contribution in [-0.2, 0) is 0 Å². The van der Waals surface area contributed by atoms with E-state index in [1.807, 2.05) is 31.2 Å². The Balaban J connectivity index is 2.84. The molecule has 2 nitrogen and oxygen atoms in total. The quantitative estimate of drug-likeness (QED) is 0.785. The molecule has 62 valence electrons. The maximum atomic E-state index is 8.36. The van der Waals surface area contributed by atoms with Crippen molar-refractivity contribution in [1.82, 2.24) is 0 Å². The number of nitrogens with one attached hydrogen (secondary N) is 1. The molecule has 0 aliphatic carbocycles. The lowest BCUT2D eigenvalue weighted by Crippen LogP contribution is -1.99. The highest BCUT2D eigenvalue weighted by atomic mass is 79.9. The van der Waals surface area contributed by atoms with Crippen LogP contribution in [0.5, 0.6) is 0 Å². The zero-order valence-corrected chi connectivity index (χ0v) is 8.35. The lowest BCUT2D eigenvalue weighted by atomic mass is 10.2. The van der Waals surface area contributed by atoms with Gasteiger partial charge in [-0.25, -0.2) is 0 Å². The standard InChI is InChI=1S/C9H9BrN2/c1-7-2-3-8(10)6-9(7)12-5-4-11/h2-3,6,12H,5H2,1H3. The third-order valence-electron chi connectivity index (χ3n) is 1.56. The van der Waals surface area contributed by atoms with Crippen molar-refractivity contribution in [3.63, 3.8) is 0 Å². The van der Waals surface area contributed by atoms with Crippen LogP contribution in [-0.4, -0.2) is 6.54 Å². The number of rotatable bonds is 2. The molecule has 0 fully saturated rings. The molecule has 0 heterocycles. The van der Waals surface area contributed by atoms with Gasteiger partial charge >= 0.3 is 0 Å². The zero-order chi connectivity index (χ0) is 8.97. The molecule has 1 rings (SSSR count). The number of anilines is 1. The Morgan fingerprint density at radius 3 is 3.00 bits per heavy atom. The summed E-state index contributed by atoms with van der Waals surface area (Å²) in [5, 5.41) is 11.4. The molecule has 1 N–H and O–H groups in total. The van der Waals surface area contributed by atoms with Crippen molar-refractivity contribution < 1.29 is 0 Å². The van der Waals surface area contributed by atoms with E-state index in [2.05, 4.69) is 21.2 Å². The van der Waals surface area contributed by atoms with Crippen LogP contribution >= 0.6 is 15.9 Å². The number of hydrogen-bond donors (Lipinski definition) is 1. The highest BCUT2D eigenvalue weighted by Gasteiger charge is 1.96. The first kappa shape index (κ1) is 9.08. The normalized spacial score (nSPS) is 9.08. The maximum absolute atomic E-state index is 8.36. The molecule has 0 radical (unpaired) electrons. The van der Waals surface area contributed by atoms with Crippen LogP contribution in [0, 0.1) is 18.3 Å². The first-order valence-electron chi connectivity index (χ1n) is 3.61. The van der Waals surface area contributed by atoms with E-state index in [0.717, 1.165) is 15.7 Å². The van der Waals surface area contributed by atoms with Gasteiger partial charge in [0.2, 0.25) is 0 Å². The molecule has 0 atom stereocenters. The van der Waals surface area contributed by atoms with Gasteiger partial charge in [0.1, 0.15) is 6.54 Å². The average Bonchev–Trinajstić information content (AvgIpc) is 2.07. The van der Waals surface area contributed by atoms with Gasteiger partial charge < -0.3 is 5.32 Å². The fraction of sp³-hybridized carbons (Fsp3) is 0.222. The topological polar surface area (TPSA) is 35.8 Å². The Kier molecular flexibility index (Phi) is 3.12. The van der Waals surface area contributed by atoms with Gasteiger partial charge in [0.25, 0.3) is 0 Å². The van der Waals surface area contributed by atoms with E-state index in [4.69, 9.17) is 5.26 Å². The Labute approximate surface area is 80.3 Å². The number of nitriles is 1. The zero-order valence-electron chi connectivity index (χ0n) is 6.76. The van der Waals surface area contributed by atoms with Crippen LogP contribution in [0.1, 0.15) is 5.56 Å². The molecule has 1 aromatic rings. The van der Waals surface area contributed by atoms with Gasteiger partial charge in [-0.15, -0.1) is 0 Å². The van der Waals surface area contributed by atoms with Crippen LogP contribution in [0.2, 0.25) is 0 Å². The van der Waals surface area contributed by atoms with Gasteiger partial charge in [0.15, 0.2) is 0 Å². The van der Waals surface area contributed by atoms with Crippen LogP contribution in [0.4, 0.5) is 5.69 Å². The number of halogens is 1. The second-order valence-electron chi connectivity index (χ2n) is 2.47. The molecule has 0 aliphatic rings. The van der Waals surface area contributed by atoms with Gasteiger partial charge in [0, 0.05) is 10.2 Å². The first-order chi connectivity index (χ1) is 5.74. The predicted octanol–water partition coefficient (Wildman–Crippen LogP) is 2.69. The summed E-state index contributed by atoms with van der Waals surface area (Å²) >= 11 is 3.37. The van der Waals surface area contributed by atoms with E-state index >= 15 is 0 Å². The molecule has 0 bridgehead atoms. The monoisotopic (exact) mass is 224 g/mol. The Morgan fingerprint density at radius 2 is 2.33 bits per heavy atom. The Hall–Kier alpha value is -1.01. The lowest BCUT2D eigenvalue weighted by Gasteiger charge is -2.05. The number of benzene rings is 1. The molecule has 0 saturated carbocycles. The minimum Gasteiger partial charge on any atom is -0.372 e. The molecule has 12 heavy (non-hydrogen) atoms. The molecule has 0 aliphatic heterocycles. The summed E-state index contributed by atoms with van der Waals surface area (Å²) < 4.78 is 1.02. The second-order valence-corrected chi connectivity index (χ2v) is 3.39. The van der Waals surface area contributed by atoms with Crippen molar-refractivity contribution in [1.29, 1.82) is 5.26 Å². The minimum atomic E-state index is 0.345. The summed E-state index contributed by atoms with van der Waals surface area (Å²) in [6.07, 6.45) is 0. The van der Waals surface area contributed by atoms with Crippen molar-refractivity contribution in [3.05, 3.63) is 28.2 Å². The molecule has 1 aromatic carbocycles. The number of hydrogen-bond acceptors (Lipinski definition) is 2. The third-order valence-corrected chi connectivity index (χ3v) is 2.05. The number of aryl methyl sites for hydroxylation is 1. The molecule has 0 aromatic heterocycles. The highest BCUT2D eigenvalue weighted by molar-refractivity contribution is 9.10. The fourth-order valence-corrected chi connectivity index (χ4v) is 1.28. The molecular formula is C9H9BrN2. The van der Waals surface area contributed by atoms with Gasteiger partial charge in [-0.05, 0) is 24.6 Å². The molecule has 3 heteroatoms. The summed E-state index contributed by atoms with van der Waals surface area (Å²) in [7, 11) is 0. The van der Waals surface area contributed by atoms with Crippen molar-refractivity contribution in [2.75, 3.05) is 11.9 Å². The summed E-state index contributed by atoms with van der Waals surface area (Å²) in [5.41, 5.74) is 2.15. The number of nitrogens with zero attached hydrogens (tertiary/aromatic N) is 1. The fourth-order valence-electron chi connectivity index (χ4n) is 0.919. The van der Waals surface area contributed by atoms with E-state index in [0.29, 0.717) is 6.54 Å². The molecular weight excluding hydrogens is 216 g/mol. The van der Waals surface area contributed by atoms with Gasteiger partial charge in [0.05, 0.1) is 6.07 Å². The summed E-state index contributed by atoms with van der Waals surface area (Å²) in [4.78, 5) is 0. The molecule has 0 unspecified atom stereocenters. The van der Waals surface area contributed by atoms with Crippen LogP contribution in [0.15, 0.2) is 22.7 Å². The Morgan fingerprint density at radius 1 is 1.58 bits per heavy atom. The van der Waals surface area contributed by atoms with Gasteiger partial charge in [-0.1, -0.05) is 22.0 Å². The van der Waals surface area contributed by atoms with Crippen LogP contribution in [0.3, 0.4) is 0 Å². The van der Waals surface area contributed by atoms with E-state index in [1.54, 1.807) is 0 Å². The highest BCUT2D eigenvalue weighted by Crippen LogP contribution is 2.19. The second kappa shape index (κ2) is 4.13. The van der Waals surface area contributed by atoms with E-state index in [9.17, 15) is 0 Å². The van der Waals surface area contributed by atoms with Crippen molar-refractivity contribution in [3.8, 4) is 6.07 Å². The lowest BCUT2D eigenvalue weighted by molar-refractivity contribution is 1.29. The smallest absolute Gasteiger partial charge is 0.103 e. The largest absolute Gasteiger partial charge is 0.372 e. The summed E-state index contributed by atoms with van der Waals surface area (Å²) in [6.45, 7) is 2.35. The van der Waals surface area contributed by atoms with Gasteiger partial charge in [-0.3, -0.25) is 0 Å². The van der Waals surface area contributed by atoms with Crippen LogP contribution < -0.4 is 5.32 Å². The van der Waals surface area contributed by atoms with E-state index < -0.39 is 0 Å². The molecule has 0 amide bonds. The molecule has 0 saturated heterocycles. The minimum absolute atomic E-state index is 0.345. The predicted molar refractivity (Wildman–Crippen MR) is 53.0 cm³/mol. The summed E-state index contributed by atoms with van der Waals surface area (Å²) in [6, 6.07) is 7.98. The van der Waals surface area contributed by atoms with E-state index in [1.165, 1.54) is 0 Å². The Bertz CT molecular complexity index is 315. The maximum Gasteiger partial charge on any atom is 0.103 e. The first-order valence-corrected chi connectivity index (χ1v) is 4.40. The van der Waals surface area contributed by atoms with Gasteiger partial charge in [-0.2, -0.15) is 5.26 Å². The molecule has 0 spiro atoms. The van der Waals surface area contributed by atoms with Crippen molar-refractivity contribution in [2.24, 2.45) is 0 Å². The van der Waals surface area contributed by atoms with E-state index in [-0.39, 0.29) is 0 Å². The average molecular weight is 225 g/mol. The SMILES string of the molecule is Cc1ccc(Br)cc1NCC#N.